The first-order chi connectivity index (χ1) is 15.8. The van der Waals surface area contributed by atoms with E-state index in [1.807, 2.05) is 36.4 Å². The van der Waals surface area contributed by atoms with Crippen molar-refractivity contribution in [2.24, 2.45) is 0 Å². The zero-order valence-corrected chi connectivity index (χ0v) is 18.7. The van der Waals surface area contributed by atoms with Gasteiger partial charge in [-0.15, -0.1) is 0 Å². The first-order valence-electron chi connectivity index (χ1n) is 11.1. The van der Waals surface area contributed by atoms with Gasteiger partial charge in [-0.25, -0.2) is 9.59 Å². The van der Waals surface area contributed by atoms with E-state index in [1.165, 1.54) is 6.92 Å². The normalized spacial score (nSPS) is 20.9. The van der Waals surface area contributed by atoms with Crippen molar-refractivity contribution in [3.63, 3.8) is 0 Å². The molecular formula is C25H28N2O6. The fourth-order valence-corrected chi connectivity index (χ4v) is 4.39. The maximum atomic E-state index is 13.0. The van der Waals surface area contributed by atoms with Crippen LogP contribution in [0.1, 0.15) is 43.7 Å². The topological polar surface area (TPSA) is 114 Å². The number of nitrogens with one attached hydrogen (secondary N) is 2. The number of rotatable bonds is 7. The van der Waals surface area contributed by atoms with Gasteiger partial charge in [0.1, 0.15) is 17.7 Å². The lowest BCUT2D eigenvalue weighted by atomic mass is 9.93. The van der Waals surface area contributed by atoms with Crippen LogP contribution in [0.4, 0.5) is 4.79 Å². The van der Waals surface area contributed by atoms with E-state index in [2.05, 4.69) is 22.8 Å². The number of benzene rings is 2. The monoisotopic (exact) mass is 452 g/mol. The number of amides is 2. The minimum absolute atomic E-state index is 0.0531. The molecule has 1 aliphatic heterocycles. The Morgan fingerprint density at radius 1 is 1.12 bits per heavy atom. The molecule has 2 amide bonds. The molecule has 0 spiro atoms. The third-order valence-corrected chi connectivity index (χ3v) is 6.71. The predicted molar refractivity (Wildman–Crippen MR) is 121 cm³/mol. The Morgan fingerprint density at radius 2 is 1.73 bits per heavy atom. The molecule has 0 saturated carbocycles. The Morgan fingerprint density at radius 3 is 2.24 bits per heavy atom. The van der Waals surface area contributed by atoms with Crippen molar-refractivity contribution in [1.29, 1.82) is 0 Å². The minimum atomic E-state index is -1.45. The van der Waals surface area contributed by atoms with E-state index in [9.17, 15) is 19.5 Å². The van der Waals surface area contributed by atoms with Crippen molar-refractivity contribution in [2.75, 3.05) is 19.8 Å². The maximum absolute atomic E-state index is 13.0. The molecule has 0 aromatic heterocycles. The Balaban J connectivity index is 1.47. The number of carbonyl (C=O) groups excluding carboxylic acids is 2. The van der Waals surface area contributed by atoms with Crippen LogP contribution < -0.4 is 10.6 Å². The molecule has 1 heterocycles. The molecule has 1 fully saturated rings. The van der Waals surface area contributed by atoms with Gasteiger partial charge in [0, 0.05) is 18.9 Å². The number of carbonyl (C=O) groups is 3. The fourth-order valence-electron chi connectivity index (χ4n) is 4.39. The van der Waals surface area contributed by atoms with E-state index in [0.717, 1.165) is 22.3 Å². The molecule has 8 heteroatoms. The summed E-state index contributed by atoms with van der Waals surface area (Å²) in [5, 5.41) is 14.7. The lowest BCUT2D eigenvalue weighted by Gasteiger charge is -2.32. The van der Waals surface area contributed by atoms with Crippen LogP contribution in [0.3, 0.4) is 0 Å². The highest BCUT2D eigenvalue weighted by Crippen LogP contribution is 2.44. The third-order valence-electron chi connectivity index (χ3n) is 6.71. The molecule has 1 saturated heterocycles. The lowest BCUT2D eigenvalue weighted by Crippen LogP contribution is -2.64. The third kappa shape index (κ3) is 4.18. The first kappa shape index (κ1) is 22.8. The van der Waals surface area contributed by atoms with Gasteiger partial charge in [-0.1, -0.05) is 55.5 Å². The summed E-state index contributed by atoms with van der Waals surface area (Å²) in [6, 6.07) is 16.0. The molecule has 0 radical (unpaired) electrons. The molecule has 2 aliphatic rings. The van der Waals surface area contributed by atoms with E-state index in [-0.39, 0.29) is 38.6 Å². The van der Waals surface area contributed by atoms with Crippen molar-refractivity contribution >= 4 is 18.0 Å². The summed E-state index contributed by atoms with van der Waals surface area (Å²) in [5.41, 5.74) is 1.58. The lowest BCUT2D eigenvalue weighted by molar-refractivity contribution is -0.148. The van der Waals surface area contributed by atoms with Crippen LogP contribution in [0.2, 0.25) is 0 Å². The molecule has 2 aromatic carbocycles. The number of hydrogen-bond acceptors (Lipinski definition) is 5. The summed E-state index contributed by atoms with van der Waals surface area (Å²) in [7, 11) is 0. The first-order valence-corrected chi connectivity index (χ1v) is 11.1. The number of alkyl carbamates (subject to hydrolysis) is 1. The van der Waals surface area contributed by atoms with Gasteiger partial charge in [-0.05, 0) is 35.6 Å². The molecule has 174 valence electrons. The zero-order chi connectivity index (χ0) is 23.6. The Bertz CT molecular complexity index is 1030. The molecular weight excluding hydrogens is 424 g/mol. The fraction of sp³-hybridized carbons (Fsp3) is 0.400. The Hall–Kier alpha value is -3.39. The number of hydrogen-bond donors (Lipinski definition) is 3. The maximum Gasteiger partial charge on any atom is 0.408 e. The van der Waals surface area contributed by atoms with Crippen molar-refractivity contribution in [3.05, 3.63) is 59.7 Å². The van der Waals surface area contributed by atoms with Gasteiger partial charge < -0.3 is 25.2 Å². The molecule has 2 atom stereocenters. The van der Waals surface area contributed by atoms with Crippen LogP contribution in [0.15, 0.2) is 48.5 Å². The highest BCUT2D eigenvalue weighted by molar-refractivity contribution is 5.94. The molecule has 8 nitrogen and oxygen atoms in total. The zero-order valence-electron chi connectivity index (χ0n) is 18.7. The van der Waals surface area contributed by atoms with Crippen LogP contribution >= 0.6 is 0 Å². The van der Waals surface area contributed by atoms with Crippen LogP contribution in [-0.2, 0) is 19.1 Å². The van der Waals surface area contributed by atoms with Crippen LogP contribution in [-0.4, -0.2) is 54.0 Å². The Kier molecular flexibility index (Phi) is 6.12. The number of carboxylic acid groups (broad SMARTS) is 1. The minimum Gasteiger partial charge on any atom is -0.480 e. The van der Waals surface area contributed by atoms with E-state index in [0.29, 0.717) is 0 Å². The standard InChI is InChI=1S/C25H28N2O6/c1-3-24(2,22(29)30)26-21(28)25(12-13-32-15-25)27-23(31)33-14-20-18-10-6-4-8-16(18)17-9-5-7-11-19(17)20/h4-11,20H,3,12-15H2,1-2H3,(H,26,28)(H,27,31)(H,29,30). The van der Waals surface area contributed by atoms with Gasteiger partial charge >= 0.3 is 12.1 Å². The van der Waals surface area contributed by atoms with Gasteiger partial charge in [0.25, 0.3) is 0 Å². The summed E-state index contributed by atoms with van der Waals surface area (Å²) in [5.74, 6) is -1.85. The SMILES string of the molecule is CCC(C)(NC(=O)C1(NC(=O)OCC2c3ccccc3-c3ccccc32)CCOC1)C(=O)O. The second-order valence-corrected chi connectivity index (χ2v) is 8.78. The van der Waals surface area contributed by atoms with Crippen molar-refractivity contribution in [1.82, 2.24) is 10.6 Å². The molecule has 33 heavy (non-hydrogen) atoms. The highest BCUT2D eigenvalue weighted by Gasteiger charge is 2.47. The van der Waals surface area contributed by atoms with Crippen LogP contribution in [0.25, 0.3) is 11.1 Å². The van der Waals surface area contributed by atoms with Crippen LogP contribution in [0, 0.1) is 0 Å². The van der Waals surface area contributed by atoms with Gasteiger partial charge in [0.05, 0.1) is 6.61 Å². The average molecular weight is 453 g/mol. The van der Waals surface area contributed by atoms with E-state index >= 15 is 0 Å². The van der Waals surface area contributed by atoms with Crippen molar-refractivity contribution in [2.45, 2.75) is 43.7 Å². The quantitative estimate of drug-likeness (QED) is 0.595. The molecule has 1 aliphatic carbocycles. The predicted octanol–water partition coefficient (Wildman–Crippen LogP) is 3.05. The second kappa shape index (κ2) is 8.86. The number of fused-ring (bicyclic) bond motifs is 3. The van der Waals surface area contributed by atoms with E-state index < -0.39 is 29.0 Å². The summed E-state index contributed by atoms with van der Waals surface area (Å²) in [6.07, 6.45) is -0.329. The van der Waals surface area contributed by atoms with E-state index in [4.69, 9.17) is 9.47 Å². The number of ether oxygens (including phenoxy) is 2. The van der Waals surface area contributed by atoms with Gasteiger partial charge in [-0.2, -0.15) is 0 Å². The number of aliphatic carboxylic acids is 1. The summed E-state index contributed by atoms with van der Waals surface area (Å²) in [4.78, 5) is 37.4. The summed E-state index contributed by atoms with van der Waals surface area (Å²) in [6.45, 7) is 3.44. The molecule has 2 unspecified atom stereocenters. The van der Waals surface area contributed by atoms with Crippen molar-refractivity contribution < 1.29 is 29.0 Å². The molecule has 4 rings (SSSR count). The van der Waals surface area contributed by atoms with Gasteiger partial charge in [-0.3, -0.25) is 4.79 Å². The van der Waals surface area contributed by atoms with Gasteiger partial charge in [0.2, 0.25) is 5.91 Å². The number of carboxylic acids is 1. The second-order valence-electron chi connectivity index (χ2n) is 8.78. The van der Waals surface area contributed by atoms with E-state index in [1.54, 1.807) is 6.92 Å². The smallest absolute Gasteiger partial charge is 0.408 e. The highest BCUT2D eigenvalue weighted by atomic mass is 16.6. The van der Waals surface area contributed by atoms with Crippen LogP contribution in [0.5, 0.6) is 0 Å². The summed E-state index contributed by atoms with van der Waals surface area (Å²) < 4.78 is 11.0. The molecule has 3 N–H and O–H groups in total. The largest absolute Gasteiger partial charge is 0.480 e. The molecule has 2 aromatic rings. The average Bonchev–Trinajstić information content (AvgIpc) is 3.41. The Labute approximate surface area is 192 Å². The summed E-state index contributed by atoms with van der Waals surface area (Å²) >= 11 is 0. The van der Waals surface area contributed by atoms with Crippen molar-refractivity contribution in [3.8, 4) is 11.1 Å². The van der Waals surface area contributed by atoms with Gasteiger partial charge in [0.15, 0.2) is 0 Å². The molecule has 0 bridgehead atoms.